The molecule has 0 unspecified atom stereocenters. The molecule has 0 aliphatic carbocycles. The fourth-order valence-electron chi connectivity index (χ4n) is 0. The van der Waals surface area contributed by atoms with Gasteiger partial charge in [0.15, 0.2) is 0 Å². The molecule has 0 aliphatic rings. The van der Waals surface area contributed by atoms with Crippen LogP contribution in [-0.4, -0.2) is 13.1 Å². The molecule has 50 valence electrons. The first-order valence-electron chi connectivity index (χ1n) is 1.51. The molecule has 0 rings (SSSR count). The molecule has 0 radical (unpaired) electrons. The van der Waals surface area contributed by atoms with Crippen LogP contribution in [-0.2, 0) is 0 Å². The molecule has 0 nitrogen and oxygen atoms in total. The maximum absolute atomic E-state index is 10.5. The normalized spacial score (nSPS) is 12.7. The zero-order chi connectivity index (χ0) is 7.00. The summed E-state index contributed by atoms with van der Waals surface area (Å²) in [6.07, 6.45) is -6.00. The number of rotatable bonds is 0. The van der Waals surface area contributed by atoms with Gasteiger partial charge in [-0.2, -0.15) is 0 Å². The topological polar surface area (TPSA) is 0 Å². The molecule has 0 saturated heterocycles. The van der Waals surface area contributed by atoms with Crippen LogP contribution in [0.25, 0.3) is 0 Å². The number of hydrogen-bond acceptors (Lipinski definition) is 0. The van der Waals surface area contributed by atoms with E-state index in [-0.39, 0.29) is 29.6 Å². The Morgan fingerprint density at radius 2 is 1.00 bits per heavy atom. The third-order valence-corrected chi connectivity index (χ3v) is 0.371. The summed E-state index contributed by atoms with van der Waals surface area (Å²) in [5.74, 6) is 0. The van der Waals surface area contributed by atoms with Gasteiger partial charge in [-0.3, -0.25) is 0 Å². The zero-order valence-electron chi connectivity index (χ0n) is 4.35. The monoisotopic (exact) mass is 160 g/mol. The van der Waals surface area contributed by atoms with Crippen LogP contribution in [0.3, 0.4) is 0 Å². The summed E-state index contributed by atoms with van der Waals surface area (Å²) in [6.45, 7) is -6.65. The summed E-state index contributed by atoms with van der Waals surface area (Å²) in [7, 11) is 0. The molecule has 0 N–H and O–H groups in total. The van der Waals surface area contributed by atoms with Crippen molar-refractivity contribution in [1.82, 2.24) is 0 Å². The molecule has 0 heterocycles. The summed E-state index contributed by atoms with van der Waals surface area (Å²) >= 11 is 0. The van der Waals surface area contributed by atoms with Crippen molar-refractivity contribution in [2.45, 2.75) is 6.08 Å². The predicted molar refractivity (Wildman–Crippen MR) is 15.1 cm³/mol. The van der Waals surface area contributed by atoms with Crippen molar-refractivity contribution in [1.29, 1.82) is 0 Å². The van der Waals surface area contributed by atoms with Gasteiger partial charge in [-0.1, -0.05) is 0 Å². The summed E-state index contributed by atoms with van der Waals surface area (Å²) in [5.41, 5.74) is 0. The minimum Gasteiger partial charge on any atom is -0.443 e. The van der Waals surface area contributed by atoms with Gasteiger partial charge < -0.3 is 12.9 Å². The Labute approximate surface area is 69.0 Å². The minimum atomic E-state index is -6.65. The van der Waals surface area contributed by atoms with Crippen LogP contribution in [0.4, 0.5) is 26.1 Å². The van der Waals surface area contributed by atoms with Crippen molar-refractivity contribution < 1.29 is 55.7 Å². The van der Waals surface area contributed by atoms with Crippen molar-refractivity contribution in [3.8, 4) is 0 Å². The summed E-state index contributed by atoms with van der Waals surface area (Å²) < 4.78 is 62.9. The molecular weight excluding hydrogens is 160 g/mol. The van der Waals surface area contributed by atoms with Gasteiger partial charge in [0.1, 0.15) is 0 Å². The van der Waals surface area contributed by atoms with E-state index in [4.69, 9.17) is 0 Å². The summed E-state index contributed by atoms with van der Waals surface area (Å²) in [4.78, 5) is 0. The predicted octanol–water partition coefficient (Wildman–Crippen LogP) is -1.06. The van der Waals surface area contributed by atoms with Gasteiger partial charge in [-0.25, -0.2) is 13.2 Å². The smallest absolute Gasteiger partial charge is 0.443 e. The van der Waals surface area contributed by atoms with Crippen molar-refractivity contribution in [3.05, 3.63) is 0 Å². The largest absolute Gasteiger partial charge is 1.00 e. The van der Waals surface area contributed by atoms with E-state index in [2.05, 4.69) is 0 Å². The van der Waals surface area contributed by atoms with E-state index in [0.717, 1.165) is 0 Å². The number of halogens is 6. The Morgan fingerprint density at radius 3 is 1.00 bits per heavy atom. The van der Waals surface area contributed by atoms with Gasteiger partial charge in [-0.15, -0.1) is 0 Å². The Bertz CT molecular complexity index is 68.0. The maximum atomic E-state index is 10.5. The van der Waals surface area contributed by atoms with Crippen molar-refractivity contribution >= 4 is 6.98 Å². The van der Waals surface area contributed by atoms with Gasteiger partial charge in [0, 0.05) is 0 Å². The molecule has 0 aliphatic heterocycles. The van der Waals surface area contributed by atoms with Gasteiger partial charge in [0.25, 0.3) is 0 Å². The third-order valence-electron chi connectivity index (χ3n) is 0.371. The molecule has 0 aromatic rings. The van der Waals surface area contributed by atoms with Crippen LogP contribution in [0.1, 0.15) is 0 Å². The average Bonchev–Trinajstić information content (AvgIpc) is 1.25. The second-order valence-corrected chi connectivity index (χ2v) is 1.12. The van der Waals surface area contributed by atoms with E-state index in [9.17, 15) is 26.1 Å². The first-order valence-corrected chi connectivity index (χ1v) is 1.51. The van der Waals surface area contributed by atoms with Crippen LogP contribution in [0, 0.1) is 0 Å². The third kappa shape index (κ3) is 4.10. The van der Waals surface area contributed by atoms with Crippen molar-refractivity contribution in [2.24, 2.45) is 0 Å². The standard InChI is InChI=1S/CBF6.Na/c3-1(4,5)2(6,7)8;/q-1;+1. The van der Waals surface area contributed by atoms with Crippen LogP contribution in [0.15, 0.2) is 0 Å². The first-order chi connectivity index (χ1) is 3.25. The van der Waals surface area contributed by atoms with Crippen molar-refractivity contribution in [3.63, 3.8) is 0 Å². The minimum absolute atomic E-state index is 0. The van der Waals surface area contributed by atoms with E-state index < -0.39 is 13.1 Å². The van der Waals surface area contributed by atoms with Gasteiger partial charge in [0.2, 0.25) is 0 Å². The van der Waals surface area contributed by atoms with E-state index >= 15 is 0 Å². The van der Waals surface area contributed by atoms with E-state index in [1.54, 1.807) is 0 Å². The van der Waals surface area contributed by atoms with Crippen LogP contribution in [0.2, 0.25) is 0 Å². The molecular formula is CBF6Na. The number of alkyl halides is 3. The average molecular weight is 160 g/mol. The number of hydrogen-bond donors (Lipinski definition) is 0. The fraction of sp³-hybridized carbons (Fsp3) is 1.00. The Balaban J connectivity index is 0. The van der Waals surface area contributed by atoms with Gasteiger partial charge in [-0.05, 0) is 0 Å². The fourth-order valence-corrected chi connectivity index (χ4v) is 0. The van der Waals surface area contributed by atoms with E-state index in [0.29, 0.717) is 0 Å². The zero-order valence-corrected chi connectivity index (χ0v) is 6.35. The molecule has 0 atom stereocenters. The second kappa shape index (κ2) is 3.16. The first kappa shape index (κ1) is 12.3. The van der Waals surface area contributed by atoms with Crippen molar-refractivity contribution in [2.75, 3.05) is 0 Å². The second-order valence-electron chi connectivity index (χ2n) is 1.12. The Kier molecular flexibility index (Phi) is 4.33. The molecule has 0 bridgehead atoms. The summed E-state index contributed by atoms with van der Waals surface area (Å²) in [5, 5.41) is 0. The molecule has 0 aromatic carbocycles. The van der Waals surface area contributed by atoms with E-state index in [1.165, 1.54) is 0 Å². The van der Waals surface area contributed by atoms with Gasteiger partial charge >= 0.3 is 42.6 Å². The van der Waals surface area contributed by atoms with Crippen LogP contribution < -0.4 is 29.6 Å². The summed E-state index contributed by atoms with van der Waals surface area (Å²) in [6, 6.07) is 0. The Morgan fingerprint density at radius 1 is 0.889 bits per heavy atom. The molecule has 0 amide bonds. The SMILES string of the molecule is F[B-](F)(F)C(F)(F)F.[Na+]. The molecule has 0 aromatic heterocycles. The molecule has 9 heavy (non-hydrogen) atoms. The molecule has 0 spiro atoms. The quantitative estimate of drug-likeness (QED) is 0.313. The molecule has 8 heteroatoms. The Hall–Kier alpha value is 0.645. The van der Waals surface area contributed by atoms with Crippen LogP contribution in [0.5, 0.6) is 0 Å². The van der Waals surface area contributed by atoms with E-state index in [1.807, 2.05) is 0 Å². The van der Waals surface area contributed by atoms with Gasteiger partial charge in [0.05, 0.1) is 0 Å². The molecule has 0 fully saturated rings. The maximum Gasteiger partial charge on any atom is 1.00 e. The molecule has 0 saturated carbocycles. The van der Waals surface area contributed by atoms with Crippen LogP contribution >= 0.6 is 0 Å².